The van der Waals surface area contributed by atoms with Crippen LogP contribution in [-0.2, 0) is 15.6 Å². The normalized spacial score (nSPS) is 17.9. The lowest BCUT2D eigenvalue weighted by molar-refractivity contribution is -0.384. The molecule has 1 heterocycles. The second-order valence-electron chi connectivity index (χ2n) is 7.26. The number of nitrogens with zero attached hydrogens (tertiary/aromatic N) is 3. The fourth-order valence-corrected chi connectivity index (χ4v) is 4.66. The van der Waals surface area contributed by atoms with Gasteiger partial charge >= 0.3 is 6.18 Å². The maximum Gasteiger partial charge on any atom is 0.421 e. The summed E-state index contributed by atoms with van der Waals surface area (Å²) in [5.74, 6) is 0. The summed E-state index contributed by atoms with van der Waals surface area (Å²) in [6.45, 7) is 1.58. The van der Waals surface area contributed by atoms with Gasteiger partial charge in [-0.15, -0.1) is 0 Å². The van der Waals surface area contributed by atoms with E-state index < -0.39 is 26.7 Å². The second kappa shape index (κ2) is 8.09. The van der Waals surface area contributed by atoms with Crippen LogP contribution in [0.3, 0.4) is 0 Å². The molecular weight excluding hydrogens is 439 g/mol. The smallest absolute Gasteiger partial charge is 0.376 e. The minimum absolute atomic E-state index is 0.0507. The second-order valence-corrected chi connectivity index (χ2v) is 9.20. The lowest BCUT2D eigenvalue weighted by Gasteiger charge is -2.35. The molecule has 1 aliphatic heterocycles. The monoisotopic (exact) mass is 459 g/mol. The van der Waals surface area contributed by atoms with Crippen molar-refractivity contribution in [3.63, 3.8) is 0 Å². The summed E-state index contributed by atoms with van der Waals surface area (Å²) in [5.41, 5.74) is -2.86. The van der Waals surface area contributed by atoms with Crippen LogP contribution in [0, 0.1) is 10.1 Å². The van der Waals surface area contributed by atoms with Crippen LogP contribution in [0.25, 0.3) is 0 Å². The van der Waals surface area contributed by atoms with Crippen molar-refractivity contribution in [1.29, 1.82) is 0 Å². The van der Waals surface area contributed by atoms with Crippen molar-refractivity contribution in [2.75, 3.05) is 31.1 Å². The number of hydrogen-bond acceptors (Lipinski definition) is 6. The van der Waals surface area contributed by atoms with Gasteiger partial charge in [-0.2, -0.15) is 17.5 Å². The molecule has 1 unspecified atom stereocenters. The molecular formula is C19H20F3N3O5S. The first-order chi connectivity index (χ1) is 14.3. The summed E-state index contributed by atoms with van der Waals surface area (Å²) in [4.78, 5) is 11.9. The molecule has 0 spiro atoms. The zero-order valence-electron chi connectivity index (χ0n) is 16.4. The summed E-state index contributed by atoms with van der Waals surface area (Å²) in [5, 5.41) is 20.5. The van der Waals surface area contributed by atoms with Gasteiger partial charge in [0.15, 0.2) is 5.60 Å². The molecule has 0 saturated carbocycles. The number of hydrogen-bond donors (Lipinski definition) is 1. The van der Waals surface area contributed by atoms with Crippen molar-refractivity contribution in [2.24, 2.45) is 0 Å². The third-order valence-electron chi connectivity index (χ3n) is 5.27. The highest BCUT2D eigenvalue weighted by Gasteiger charge is 2.51. The number of piperazine rings is 1. The van der Waals surface area contributed by atoms with Gasteiger partial charge in [0.25, 0.3) is 5.69 Å². The van der Waals surface area contributed by atoms with Crippen LogP contribution in [0.4, 0.5) is 24.5 Å². The third kappa shape index (κ3) is 4.50. The lowest BCUT2D eigenvalue weighted by Crippen LogP contribution is -2.48. The van der Waals surface area contributed by atoms with Crippen molar-refractivity contribution >= 4 is 21.4 Å². The number of alkyl halides is 3. The molecule has 2 aromatic carbocycles. The first-order valence-corrected chi connectivity index (χ1v) is 10.7. The highest BCUT2D eigenvalue weighted by molar-refractivity contribution is 7.89. The van der Waals surface area contributed by atoms with Crippen LogP contribution >= 0.6 is 0 Å². The number of nitro groups is 1. The molecule has 0 radical (unpaired) electrons. The largest absolute Gasteiger partial charge is 0.421 e. The van der Waals surface area contributed by atoms with Gasteiger partial charge in [0.05, 0.1) is 9.82 Å². The number of halogens is 3. The number of aliphatic hydroxyl groups is 1. The van der Waals surface area contributed by atoms with Gasteiger partial charge in [0.2, 0.25) is 10.0 Å². The van der Waals surface area contributed by atoms with E-state index >= 15 is 0 Å². The molecule has 1 atom stereocenters. The molecule has 1 saturated heterocycles. The fraction of sp³-hybridized carbons (Fsp3) is 0.368. The third-order valence-corrected chi connectivity index (χ3v) is 7.18. The van der Waals surface area contributed by atoms with Crippen LogP contribution in [0.2, 0.25) is 0 Å². The Bertz CT molecular complexity index is 1050. The molecule has 0 aromatic heterocycles. The Labute approximate surface area is 176 Å². The Balaban J connectivity index is 1.68. The predicted octanol–water partition coefficient (Wildman–Crippen LogP) is 2.88. The van der Waals surface area contributed by atoms with E-state index in [1.54, 1.807) is 0 Å². The van der Waals surface area contributed by atoms with E-state index in [9.17, 15) is 36.8 Å². The van der Waals surface area contributed by atoms with Crippen LogP contribution < -0.4 is 4.90 Å². The molecule has 1 aliphatic rings. The summed E-state index contributed by atoms with van der Waals surface area (Å²) in [7, 11) is -3.83. The molecule has 0 bridgehead atoms. The minimum Gasteiger partial charge on any atom is -0.376 e. The van der Waals surface area contributed by atoms with Crippen LogP contribution in [0.15, 0.2) is 53.4 Å². The summed E-state index contributed by atoms with van der Waals surface area (Å²) in [6, 6.07) is 9.93. The summed E-state index contributed by atoms with van der Waals surface area (Å²) < 4.78 is 65.7. The molecule has 1 N–H and O–H groups in total. The maximum atomic E-state index is 13.0. The van der Waals surface area contributed by atoms with Crippen molar-refractivity contribution in [2.45, 2.75) is 23.6 Å². The number of nitro benzene ring substituents is 1. The zero-order chi connectivity index (χ0) is 23.0. The minimum atomic E-state index is -4.81. The van der Waals surface area contributed by atoms with E-state index in [2.05, 4.69) is 0 Å². The summed E-state index contributed by atoms with van der Waals surface area (Å²) in [6.07, 6.45) is -4.81. The number of benzene rings is 2. The van der Waals surface area contributed by atoms with E-state index in [0.717, 1.165) is 12.1 Å². The first-order valence-electron chi connectivity index (χ1n) is 9.23. The quantitative estimate of drug-likeness (QED) is 0.545. The average molecular weight is 459 g/mol. The molecule has 0 amide bonds. The Kier molecular flexibility index (Phi) is 6.00. The van der Waals surface area contributed by atoms with Gasteiger partial charge in [-0.25, -0.2) is 8.42 Å². The molecule has 8 nitrogen and oxygen atoms in total. The molecule has 31 heavy (non-hydrogen) atoms. The Hall–Kier alpha value is -2.70. The van der Waals surface area contributed by atoms with Gasteiger partial charge in [-0.1, -0.05) is 12.1 Å². The summed E-state index contributed by atoms with van der Waals surface area (Å²) >= 11 is 0. The number of sulfonamides is 1. The van der Waals surface area contributed by atoms with Crippen LogP contribution in [0.1, 0.15) is 12.5 Å². The Morgan fingerprint density at radius 3 is 1.94 bits per heavy atom. The van der Waals surface area contributed by atoms with Gasteiger partial charge in [-0.05, 0) is 36.8 Å². The molecule has 3 rings (SSSR count). The van der Waals surface area contributed by atoms with Gasteiger partial charge in [0, 0.05) is 44.0 Å². The van der Waals surface area contributed by atoms with E-state index in [1.807, 2.05) is 4.90 Å². The topological polar surface area (TPSA) is 104 Å². The van der Waals surface area contributed by atoms with Gasteiger partial charge in [0.1, 0.15) is 0 Å². The number of rotatable bonds is 5. The van der Waals surface area contributed by atoms with Gasteiger partial charge in [-0.3, -0.25) is 10.1 Å². The average Bonchev–Trinajstić information content (AvgIpc) is 2.73. The zero-order valence-corrected chi connectivity index (χ0v) is 17.2. The molecule has 168 valence electrons. The highest BCUT2D eigenvalue weighted by atomic mass is 32.2. The maximum absolute atomic E-state index is 13.0. The molecule has 12 heteroatoms. The molecule has 0 aliphatic carbocycles. The van der Waals surface area contributed by atoms with Crippen molar-refractivity contribution in [3.05, 3.63) is 64.2 Å². The van der Waals surface area contributed by atoms with Gasteiger partial charge < -0.3 is 10.0 Å². The molecule has 1 fully saturated rings. The number of non-ortho nitro benzene ring substituents is 1. The van der Waals surface area contributed by atoms with Crippen molar-refractivity contribution in [1.82, 2.24) is 4.31 Å². The van der Waals surface area contributed by atoms with Crippen LogP contribution in [-0.4, -0.2) is 55.1 Å². The van der Waals surface area contributed by atoms with Crippen molar-refractivity contribution < 1.29 is 31.6 Å². The SMILES string of the molecule is CC(O)(c1ccc(N2CCN(S(=O)(=O)c3ccc([N+](=O)[O-])cc3)CC2)cc1)C(F)(F)F. The predicted molar refractivity (Wildman–Crippen MR) is 106 cm³/mol. The molecule has 2 aromatic rings. The van der Waals surface area contributed by atoms with Crippen LogP contribution in [0.5, 0.6) is 0 Å². The lowest BCUT2D eigenvalue weighted by atomic mass is 9.95. The van der Waals surface area contributed by atoms with Crippen molar-refractivity contribution in [3.8, 4) is 0 Å². The standard InChI is InChI=1S/C19H20F3N3O5S/c1-18(26,19(20,21)22)14-2-4-15(5-3-14)23-10-12-24(13-11-23)31(29,30)17-8-6-16(7-9-17)25(27)28/h2-9,26H,10-13H2,1H3. The van der Waals surface area contributed by atoms with E-state index in [-0.39, 0.29) is 29.2 Å². The van der Waals surface area contributed by atoms with E-state index in [1.165, 1.54) is 40.7 Å². The van der Waals surface area contributed by atoms with E-state index in [0.29, 0.717) is 25.7 Å². The Morgan fingerprint density at radius 2 is 1.48 bits per heavy atom. The highest BCUT2D eigenvalue weighted by Crippen LogP contribution is 2.39. The van der Waals surface area contributed by atoms with E-state index in [4.69, 9.17) is 0 Å². The fourth-order valence-electron chi connectivity index (χ4n) is 3.24. The Morgan fingerprint density at radius 1 is 0.968 bits per heavy atom. The number of anilines is 1. The first kappa shape index (κ1) is 23.0.